The first-order valence-electron chi connectivity index (χ1n) is 8.73. The molecule has 0 atom stereocenters. The standard InChI is InChI=1S/C18H25N5O2/c1-3-25-17-5-4-16(19-11-17)13-23-8-6-15(7-9-23)21-18(24)14-10-20-22(2)12-14/h4-5,10-12,15H,3,6-9,13H2,1-2H3,(H,21,24). The Bertz CT molecular complexity index is 690. The van der Waals surface area contributed by atoms with Crippen molar-refractivity contribution >= 4 is 5.91 Å². The summed E-state index contributed by atoms with van der Waals surface area (Å²) in [4.78, 5) is 19.0. The number of piperidine rings is 1. The van der Waals surface area contributed by atoms with Crippen molar-refractivity contribution in [1.82, 2.24) is 25.0 Å². The van der Waals surface area contributed by atoms with Crippen LogP contribution < -0.4 is 10.1 Å². The fourth-order valence-electron chi connectivity index (χ4n) is 3.03. The molecule has 2 aromatic rings. The van der Waals surface area contributed by atoms with Crippen LogP contribution in [0.2, 0.25) is 0 Å². The Balaban J connectivity index is 1.44. The Hall–Kier alpha value is -2.41. The number of nitrogens with zero attached hydrogens (tertiary/aromatic N) is 4. The van der Waals surface area contributed by atoms with Crippen molar-refractivity contribution in [2.24, 2.45) is 7.05 Å². The van der Waals surface area contributed by atoms with E-state index in [0.29, 0.717) is 12.2 Å². The summed E-state index contributed by atoms with van der Waals surface area (Å²) in [5, 5.41) is 7.14. The van der Waals surface area contributed by atoms with Gasteiger partial charge in [-0.1, -0.05) is 0 Å². The number of hydrogen-bond donors (Lipinski definition) is 1. The van der Waals surface area contributed by atoms with Crippen molar-refractivity contribution in [3.05, 3.63) is 42.0 Å². The predicted octanol–water partition coefficient (Wildman–Crippen LogP) is 1.61. The molecule has 7 heteroatoms. The molecule has 0 radical (unpaired) electrons. The third kappa shape index (κ3) is 4.79. The molecule has 0 saturated carbocycles. The van der Waals surface area contributed by atoms with E-state index in [1.54, 1.807) is 23.3 Å². The van der Waals surface area contributed by atoms with Crippen LogP contribution in [0.3, 0.4) is 0 Å². The monoisotopic (exact) mass is 343 g/mol. The molecule has 1 N–H and O–H groups in total. The van der Waals surface area contributed by atoms with Crippen LogP contribution in [0.25, 0.3) is 0 Å². The van der Waals surface area contributed by atoms with E-state index < -0.39 is 0 Å². The second-order valence-corrected chi connectivity index (χ2v) is 6.34. The normalized spacial score (nSPS) is 15.9. The van der Waals surface area contributed by atoms with Gasteiger partial charge in [-0.25, -0.2) is 0 Å². The van der Waals surface area contributed by atoms with Gasteiger partial charge in [0.15, 0.2) is 0 Å². The Morgan fingerprint density at radius 1 is 1.32 bits per heavy atom. The van der Waals surface area contributed by atoms with Crippen LogP contribution in [-0.2, 0) is 13.6 Å². The highest BCUT2D eigenvalue weighted by Gasteiger charge is 2.21. The fourth-order valence-corrected chi connectivity index (χ4v) is 3.03. The Kier molecular flexibility index (Phi) is 5.65. The topological polar surface area (TPSA) is 72.3 Å². The summed E-state index contributed by atoms with van der Waals surface area (Å²) in [5.74, 6) is 0.766. The van der Waals surface area contributed by atoms with E-state index in [1.807, 2.05) is 26.1 Å². The molecule has 25 heavy (non-hydrogen) atoms. The number of hydrogen-bond acceptors (Lipinski definition) is 5. The van der Waals surface area contributed by atoms with Crippen molar-refractivity contribution in [2.45, 2.75) is 32.4 Å². The van der Waals surface area contributed by atoms with Gasteiger partial charge >= 0.3 is 0 Å². The maximum absolute atomic E-state index is 12.2. The molecule has 3 heterocycles. The Morgan fingerprint density at radius 3 is 2.72 bits per heavy atom. The van der Waals surface area contributed by atoms with Crippen molar-refractivity contribution in [3.8, 4) is 5.75 Å². The number of carbonyl (C=O) groups is 1. The molecule has 0 spiro atoms. The maximum atomic E-state index is 12.2. The van der Waals surface area contributed by atoms with Gasteiger partial charge < -0.3 is 10.1 Å². The first kappa shape index (κ1) is 17.4. The number of amides is 1. The van der Waals surface area contributed by atoms with Crippen LogP contribution in [0.15, 0.2) is 30.7 Å². The fraction of sp³-hybridized carbons (Fsp3) is 0.500. The summed E-state index contributed by atoms with van der Waals surface area (Å²) in [6.45, 7) is 5.35. The number of aromatic nitrogens is 3. The average Bonchev–Trinajstić information content (AvgIpc) is 3.05. The van der Waals surface area contributed by atoms with E-state index in [4.69, 9.17) is 4.74 Å². The molecule has 1 aliphatic rings. The smallest absolute Gasteiger partial charge is 0.254 e. The maximum Gasteiger partial charge on any atom is 0.254 e. The van der Waals surface area contributed by atoms with E-state index >= 15 is 0 Å². The zero-order chi connectivity index (χ0) is 17.6. The average molecular weight is 343 g/mol. The van der Waals surface area contributed by atoms with Crippen LogP contribution in [-0.4, -0.2) is 51.3 Å². The highest BCUT2D eigenvalue weighted by atomic mass is 16.5. The number of pyridine rings is 1. The van der Waals surface area contributed by atoms with Gasteiger partial charge in [0.25, 0.3) is 5.91 Å². The van der Waals surface area contributed by atoms with Gasteiger partial charge in [0.05, 0.1) is 30.3 Å². The second kappa shape index (κ2) is 8.11. The van der Waals surface area contributed by atoms with Gasteiger partial charge in [0, 0.05) is 38.9 Å². The van der Waals surface area contributed by atoms with E-state index in [0.717, 1.165) is 43.9 Å². The molecule has 2 aromatic heterocycles. The molecule has 1 fully saturated rings. The van der Waals surface area contributed by atoms with Gasteiger partial charge in [-0.3, -0.25) is 19.4 Å². The quantitative estimate of drug-likeness (QED) is 0.863. The lowest BCUT2D eigenvalue weighted by molar-refractivity contribution is 0.0908. The van der Waals surface area contributed by atoms with E-state index in [2.05, 4.69) is 20.3 Å². The molecule has 1 amide bonds. The lowest BCUT2D eigenvalue weighted by Crippen LogP contribution is -2.44. The minimum Gasteiger partial charge on any atom is -0.492 e. The first-order valence-corrected chi connectivity index (χ1v) is 8.73. The molecule has 3 rings (SSSR count). The number of aryl methyl sites for hydroxylation is 1. The van der Waals surface area contributed by atoms with Gasteiger partial charge in [0.1, 0.15) is 5.75 Å². The van der Waals surface area contributed by atoms with Crippen molar-refractivity contribution in [2.75, 3.05) is 19.7 Å². The predicted molar refractivity (Wildman–Crippen MR) is 94.4 cm³/mol. The van der Waals surface area contributed by atoms with Gasteiger partial charge in [-0.05, 0) is 31.9 Å². The SMILES string of the molecule is CCOc1ccc(CN2CCC(NC(=O)c3cnn(C)c3)CC2)nc1. The number of nitrogens with one attached hydrogen (secondary N) is 1. The van der Waals surface area contributed by atoms with Crippen LogP contribution in [0, 0.1) is 0 Å². The van der Waals surface area contributed by atoms with Gasteiger partial charge in [-0.15, -0.1) is 0 Å². The zero-order valence-electron chi connectivity index (χ0n) is 14.8. The number of likely N-dealkylation sites (tertiary alicyclic amines) is 1. The molecule has 0 unspecified atom stereocenters. The molecule has 0 aliphatic carbocycles. The van der Waals surface area contributed by atoms with Gasteiger partial charge in [0.2, 0.25) is 0 Å². The summed E-state index contributed by atoms with van der Waals surface area (Å²) in [6, 6.07) is 4.20. The molecular weight excluding hydrogens is 318 g/mol. The molecular formula is C18H25N5O2. The van der Waals surface area contributed by atoms with Crippen molar-refractivity contribution in [3.63, 3.8) is 0 Å². The molecule has 0 aromatic carbocycles. The third-order valence-corrected chi connectivity index (χ3v) is 4.38. The van der Waals surface area contributed by atoms with Crippen LogP contribution in [0.4, 0.5) is 0 Å². The summed E-state index contributed by atoms with van der Waals surface area (Å²) in [6.07, 6.45) is 7.01. The Morgan fingerprint density at radius 2 is 2.12 bits per heavy atom. The third-order valence-electron chi connectivity index (χ3n) is 4.38. The highest BCUT2D eigenvalue weighted by molar-refractivity contribution is 5.93. The van der Waals surface area contributed by atoms with E-state index in [1.165, 1.54) is 0 Å². The minimum absolute atomic E-state index is 0.0419. The summed E-state index contributed by atoms with van der Waals surface area (Å²) in [5.41, 5.74) is 1.66. The summed E-state index contributed by atoms with van der Waals surface area (Å²) >= 11 is 0. The minimum atomic E-state index is -0.0419. The van der Waals surface area contributed by atoms with Crippen molar-refractivity contribution in [1.29, 1.82) is 0 Å². The molecule has 1 aliphatic heterocycles. The second-order valence-electron chi connectivity index (χ2n) is 6.34. The largest absolute Gasteiger partial charge is 0.492 e. The lowest BCUT2D eigenvalue weighted by atomic mass is 10.0. The number of ether oxygens (including phenoxy) is 1. The van der Waals surface area contributed by atoms with E-state index in [9.17, 15) is 4.79 Å². The van der Waals surface area contributed by atoms with Crippen LogP contribution in [0.5, 0.6) is 5.75 Å². The molecule has 1 saturated heterocycles. The molecule has 134 valence electrons. The number of carbonyl (C=O) groups excluding carboxylic acids is 1. The highest BCUT2D eigenvalue weighted by Crippen LogP contribution is 2.15. The van der Waals surface area contributed by atoms with Crippen LogP contribution in [0.1, 0.15) is 35.8 Å². The summed E-state index contributed by atoms with van der Waals surface area (Å²) in [7, 11) is 1.81. The zero-order valence-corrected chi connectivity index (χ0v) is 14.8. The number of rotatable bonds is 6. The summed E-state index contributed by atoms with van der Waals surface area (Å²) < 4.78 is 7.06. The van der Waals surface area contributed by atoms with Crippen LogP contribution >= 0.6 is 0 Å². The lowest BCUT2D eigenvalue weighted by Gasteiger charge is -2.32. The molecule has 0 bridgehead atoms. The van der Waals surface area contributed by atoms with Crippen molar-refractivity contribution < 1.29 is 9.53 Å². The Labute approximate surface area is 148 Å². The first-order chi connectivity index (χ1) is 12.1. The van der Waals surface area contributed by atoms with E-state index in [-0.39, 0.29) is 11.9 Å². The molecule has 7 nitrogen and oxygen atoms in total. The van der Waals surface area contributed by atoms with Gasteiger partial charge in [-0.2, -0.15) is 5.10 Å².